The van der Waals surface area contributed by atoms with E-state index in [4.69, 9.17) is 15.2 Å². The lowest BCUT2D eigenvalue weighted by molar-refractivity contribution is -0.125. The maximum absolute atomic E-state index is 12.7. The molecule has 0 radical (unpaired) electrons. The number of benzene rings is 1. The summed E-state index contributed by atoms with van der Waals surface area (Å²) in [5.74, 6) is 1.05. The van der Waals surface area contributed by atoms with Gasteiger partial charge in [-0.05, 0) is 62.6 Å². The number of aromatic nitrogens is 3. The number of nitrogens with two attached hydrogens (primary N) is 1. The van der Waals surface area contributed by atoms with Crippen LogP contribution in [-0.4, -0.2) is 48.6 Å². The van der Waals surface area contributed by atoms with Crippen molar-refractivity contribution in [3.63, 3.8) is 0 Å². The van der Waals surface area contributed by atoms with Crippen molar-refractivity contribution in [2.24, 2.45) is 11.1 Å². The molecule has 180 valence electrons. The van der Waals surface area contributed by atoms with Gasteiger partial charge in [-0.2, -0.15) is 5.10 Å². The molecule has 0 spiro atoms. The second kappa shape index (κ2) is 9.34. The van der Waals surface area contributed by atoms with Crippen LogP contribution in [0.15, 0.2) is 41.6 Å². The number of sulfonamides is 1. The first-order chi connectivity index (χ1) is 16.4. The van der Waals surface area contributed by atoms with Crippen LogP contribution >= 0.6 is 0 Å². The zero-order chi connectivity index (χ0) is 23.7. The van der Waals surface area contributed by atoms with Gasteiger partial charge in [0.1, 0.15) is 5.52 Å². The minimum absolute atomic E-state index is 0.0143. The fraction of sp³-hybridized carbons (Fsp3) is 0.458. The third-order valence-electron chi connectivity index (χ3n) is 6.93. The second-order valence-electron chi connectivity index (χ2n) is 9.17. The number of amides is 1. The minimum atomic E-state index is -3.69. The zero-order valence-electron chi connectivity index (χ0n) is 19.1. The first-order valence-electron chi connectivity index (χ1n) is 11.9. The summed E-state index contributed by atoms with van der Waals surface area (Å²) in [4.78, 5) is 19.8. The number of carbonyl (C=O) groups excluding carboxylic acids is 1. The average Bonchev–Trinajstić information content (AvgIpc) is 3.23. The number of rotatable bonds is 6. The highest BCUT2D eigenvalue weighted by molar-refractivity contribution is 7.89. The van der Waals surface area contributed by atoms with Gasteiger partial charge in [0.15, 0.2) is 5.82 Å². The standard InChI is InChI=1S/C24H30N6O3S/c25-34(32,33)19-7-5-17(6-8-19)9-12-27-24(31)18-10-14-29(15-11-18)23-22-20-3-1-2-4-21(20)28-30(22)16-13-26-23/h5-8,13,16,18H,1-4,9-12,14-15H2,(H,27,31)(H2,25,32,33). The summed E-state index contributed by atoms with van der Waals surface area (Å²) >= 11 is 0. The zero-order valence-corrected chi connectivity index (χ0v) is 19.9. The van der Waals surface area contributed by atoms with Gasteiger partial charge in [-0.15, -0.1) is 0 Å². The Morgan fingerprint density at radius 1 is 1.12 bits per heavy atom. The number of nitrogens with one attached hydrogen (secondary N) is 1. The Bertz CT molecular complexity index is 1290. The van der Waals surface area contributed by atoms with Crippen LogP contribution in [0.2, 0.25) is 0 Å². The molecule has 9 nitrogen and oxygen atoms in total. The van der Waals surface area contributed by atoms with E-state index in [1.807, 2.05) is 16.9 Å². The summed E-state index contributed by atoms with van der Waals surface area (Å²) in [7, 11) is -3.69. The number of anilines is 1. The van der Waals surface area contributed by atoms with Crippen molar-refractivity contribution in [1.29, 1.82) is 0 Å². The van der Waals surface area contributed by atoms with E-state index < -0.39 is 10.0 Å². The Morgan fingerprint density at radius 2 is 1.85 bits per heavy atom. The molecule has 1 aliphatic heterocycles. The van der Waals surface area contributed by atoms with Gasteiger partial charge >= 0.3 is 0 Å². The van der Waals surface area contributed by atoms with Gasteiger partial charge in [0, 0.05) is 43.5 Å². The summed E-state index contributed by atoms with van der Waals surface area (Å²) in [5, 5.41) is 12.9. The molecule has 3 N–H and O–H groups in total. The molecule has 3 heterocycles. The van der Waals surface area contributed by atoms with Crippen molar-refractivity contribution in [3.05, 3.63) is 53.5 Å². The quantitative estimate of drug-likeness (QED) is 0.553. The number of primary sulfonamides is 1. The van der Waals surface area contributed by atoms with Crippen LogP contribution in [0, 0.1) is 5.92 Å². The molecular formula is C24H30N6O3S. The molecule has 1 aromatic carbocycles. The minimum Gasteiger partial charge on any atom is -0.356 e. The maximum atomic E-state index is 12.7. The molecule has 34 heavy (non-hydrogen) atoms. The van der Waals surface area contributed by atoms with Crippen LogP contribution in [0.3, 0.4) is 0 Å². The number of piperidine rings is 1. The fourth-order valence-electron chi connectivity index (χ4n) is 5.05. The normalized spacial score (nSPS) is 17.0. The van der Waals surface area contributed by atoms with E-state index in [0.717, 1.165) is 55.7 Å². The molecular weight excluding hydrogens is 452 g/mol. The van der Waals surface area contributed by atoms with Crippen molar-refractivity contribution in [2.75, 3.05) is 24.5 Å². The van der Waals surface area contributed by atoms with Gasteiger partial charge < -0.3 is 10.2 Å². The third-order valence-corrected chi connectivity index (χ3v) is 7.86. The van der Waals surface area contributed by atoms with Crippen molar-refractivity contribution < 1.29 is 13.2 Å². The number of aryl methyl sites for hydroxylation is 2. The van der Waals surface area contributed by atoms with E-state index >= 15 is 0 Å². The lowest BCUT2D eigenvalue weighted by Gasteiger charge is -2.32. The van der Waals surface area contributed by atoms with Gasteiger partial charge in [-0.1, -0.05) is 12.1 Å². The van der Waals surface area contributed by atoms with E-state index in [1.165, 1.54) is 36.2 Å². The lowest BCUT2D eigenvalue weighted by atomic mass is 9.94. The third kappa shape index (κ3) is 4.65. The molecule has 0 saturated carbocycles. The number of carbonyl (C=O) groups is 1. The van der Waals surface area contributed by atoms with E-state index in [0.29, 0.717) is 13.0 Å². The molecule has 1 aliphatic carbocycles. The molecule has 1 amide bonds. The molecule has 2 aromatic heterocycles. The van der Waals surface area contributed by atoms with Crippen LogP contribution in [0.4, 0.5) is 5.82 Å². The van der Waals surface area contributed by atoms with Crippen LogP contribution in [-0.2, 0) is 34.1 Å². The van der Waals surface area contributed by atoms with Gasteiger partial charge in [-0.3, -0.25) is 4.79 Å². The van der Waals surface area contributed by atoms with Crippen LogP contribution in [0.25, 0.3) is 5.52 Å². The van der Waals surface area contributed by atoms with E-state index in [1.54, 1.807) is 12.1 Å². The molecule has 10 heteroatoms. The number of hydrogen-bond donors (Lipinski definition) is 2. The van der Waals surface area contributed by atoms with Gasteiger partial charge in [-0.25, -0.2) is 23.1 Å². The van der Waals surface area contributed by atoms with Crippen LogP contribution < -0.4 is 15.4 Å². The molecule has 0 atom stereocenters. The topological polar surface area (TPSA) is 123 Å². The number of fused-ring (bicyclic) bond motifs is 3. The summed E-state index contributed by atoms with van der Waals surface area (Å²) in [6.07, 6.45) is 10.4. The Balaban J connectivity index is 1.16. The second-order valence-corrected chi connectivity index (χ2v) is 10.7. The lowest BCUT2D eigenvalue weighted by Crippen LogP contribution is -2.41. The Hall–Kier alpha value is -2.98. The smallest absolute Gasteiger partial charge is 0.238 e. The Labute approximate surface area is 199 Å². The van der Waals surface area contributed by atoms with Crippen molar-refractivity contribution in [1.82, 2.24) is 19.9 Å². The molecule has 0 bridgehead atoms. The largest absolute Gasteiger partial charge is 0.356 e. The van der Waals surface area contributed by atoms with Crippen molar-refractivity contribution in [3.8, 4) is 0 Å². The first-order valence-corrected chi connectivity index (χ1v) is 13.4. The summed E-state index contributed by atoms with van der Waals surface area (Å²) in [5.41, 5.74) is 4.62. The van der Waals surface area contributed by atoms with Gasteiger partial charge in [0.05, 0.1) is 10.6 Å². The highest BCUT2D eigenvalue weighted by Gasteiger charge is 2.28. The van der Waals surface area contributed by atoms with E-state index in [-0.39, 0.29) is 16.7 Å². The van der Waals surface area contributed by atoms with Crippen LogP contribution in [0.5, 0.6) is 0 Å². The molecule has 3 aromatic rings. The van der Waals surface area contributed by atoms with Gasteiger partial charge in [0.2, 0.25) is 15.9 Å². The van der Waals surface area contributed by atoms with Crippen molar-refractivity contribution in [2.45, 2.75) is 49.8 Å². The molecule has 1 saturated heterocycles. The first kappa shape index (κ1) is 22.8. The predicted molar refractivity (Wildman–Crippen MR) is 129 cm³/mol. The average molecular weight is 483 g/mol. The van der Waals surface area contributed by atoms with Crippen molar-refractivity contribution >= 4 is 27.3 Å². The predicted octanol–water partition coefficient (Wildman–Crippen LogP) is 1.83. The summed E-state index contributed by atoms with van der Waals surface area (Å²) in [6, 6.07) is 6.45. The number of nitrogens with zero attached hydrogens (tertiary/aromatic N) is 4. The fourth-order valence-corrected chi connectivity index (χ4v) is 5.57. The van der Waals surface area contributed by atoms with E-state index in [9.17, 15) is 13.2 Å². The van der Waals surface area contributed by atoms with E-state index in [2.05, 4.69) is 10.2 Å². The highest BCUT2D eigenvalue weighted by atomic mass is 32.2. The molecule has 1 fully saturated rings. The Morgan fingerprint density at radius 3 is 2.59 bits per heavy atom. The maximum Gasteiger partial charge on any atom is 0.238 e. The highest BCUT2D eigenvalue weighted by Crippen LogP contribution is 2.32. The monoisotopic (exact) mass is 482 g/mol. The molecule has 2 aliphatic rings. The molecule has 5 rings (SSSR count). The number of hydrogen-bond acceptors (Lipinski definition) is 6. The Kier molecular flexibility index (Phi) is 6.26. The SMILES string of the molecule is NS(=O)(=O)c1ccc(CCNC(=O)C2CCN(c3nccn4nc5c(c34)CCCC5)CC2)cc1. The van der Waals surface area contributed by atoms with Crippen LogP contribution in [0.1, 0.15) is 42.5 Å². The van der Waals surface area contributed by atoms with Gasteiger partial charge in [0.25, 0.3) is 0 Å². The summed E-state index contributed by atoms with van der Waals surface area (Å²) in [6.45, 7) is 2.09. The summed E-state index contributed by atoms with van der Waals surface area (Å²) < 4.78 is 24.7. The molecule has 0 unspecified atom stereocenters.